The van der Waals surface area contributed by atoms with Crippen molar-refractivity contribution in [1.29, 1.82) is 0 Å². The van der Waals surface area contributed by atoms with Crippen molar-refractivity contribution < 1.29 is 9.53 Å². The number of hydrogen-bond donors (Lipinski definition) is 1. The van der Waals surface area contributed by atoms with Crippen LogP contribution in [0.5, 0.6) is 5.75 Å². The van der Waals surface area contributed by atoms with E-state index in [1.54, 1.807) is 6.20 Å². The summed E-state index contributed by atoms with van der Waals surface area (Å²) in [5.41, 5.74) is 1.56. The summed E-state index contributed by atoms with van der Waals surface area (Å²) in [6.45, 7) is 8.14. The number of likely N-dealkylation sites (tertiary alicyclic amines) is 1. The number of aromatic nitrogens is 1. The van der Waals surface area contributed by atoms with Gasteiger partial charge in [-0.25, -0.2) is 4.98 Å². The number of benzene rings is 1. The van der Waals surface area contributed by atoms with Crippen LogP contribution >= 0.6 is 0 Å². The number of piperidine rings is 1. The van der Waals surface area contributed by atoms with Crippen molar-refractivity contribution in [2.45, 2.75) is 51.7 Å². The Morgan fingerprint density at radius 2 is 1.93 bits per heavy atom. The van der Waals surface area contributed by atoms with Crippen LogP contribution in [0.2, 0.25) is 0 Å². The Morgan fingerprint density at radius 1 is 1.18 bits per heavy atom. The summed E-state index contributed by atoms with van der Waals surface area (Å²) in [7, 11) is 0. The van der Waals surface area contributed by atoms with Gasteiger partial charge >= 0.3 is 0 Å². The number of para-hydroxylation sites is 1. The molecule has 1 aromatic carbocycles. The van der Waals surface area contributed by atoms with Crippen LogP contribution in [0.25, 0.3) is 0 Å². The predicted octanol–water partition coefficient (Wildman–Crippen LogP) is 4.67. The van der Waals surface area contributed by atoms with E-state index >= 15 is 0 Å². The fraction of sp³-hybridized carbons (Fsp3) is 0.478. The molecule has 3 heterocycles. The molecule has 28 heavy (non-hydrogen) atoms. The minimum Gasteiger partial charge on any atom is -0.487 e. The van der Waals surface area contributed by atoms with E-state index in [4.69, 9.17) is 4.74 Å². The van der Waals surface area contributed by atoms with Gasteiger partial charge in [0.1, 0.15) is 17.2 Å². The molecule has 1 N–H and O–H groups in total. The average molecular weight is 380 g/mol. The maximum Gasteiger partial charge on any atom is 0.255 e. The van der Waals surface area contributed by atoms with Crippen molar-refractivity contribution in [3.8, 4) is 5.75 Å². The van der Waals surface area contributed by atoms with Crippen LogP contribution in [0.3, 0.4) is 0 Å². The normalized spacial score (nSPS) is 21.5. The van der Waals surface area contributed by atoms with Crippen molar-refractivity contribution in [1.82, 2.24) is 9.88 Å². The van der Waals surface area contributed by atoms with E-state index in [0.717, 1.165) is 49.5 Å². The Hall–Kier alpha value is -2.56. The second-order valence-corrected chi connectivity index (χ2v) is 8.71. The van der Waals surface area contributed by atoms with Gasteiger partial charge in [0.05, 0.1) is 11.6 Å². The first-order valence-electron chi connectivity index (χ1n) is 10.2. The second kappa shape index (κ2) is 7.46. The third-order valence-electron chi connectivity index (χ3n) is 5.78. The Balaban J connectivity index is 1.47. The summed E-state index contributed by atoms with van der Waals surface area (Å²) in [5, 5.41) is 3.53. The predicted molar refractivity (Wildman–Crippen MR) is 111 cm³/mol. The third-order valence-corrected chi connectivity index (χ3v) is 5.78. The lowest BCUT2D eigenvalue weighted by Crippen LogP contribution is -2.38. The standard InChI is InChI=1S/C23H29N3O2/c1-16-10-12-26(13-11-16)22(27)17-8-9-21(24-15-17)25-19-14-23(2,3)28-20-7-5-4-6-18(19)20/h4-9,15-16,19H,10-14H2,1-3H3,(H,24,25). The number of nitrogens with zero attached hydrogens (tertiary/aromatic N) is 2. The number of carbonyl (C=O) groups excluding carboxylic acids is 1. The van der Waals surface area contributed by atoms with E-state index in [1.807, 2.05) is 35.2 Å². The van der Waals surface area contributed by atoms with Crippen molar-refractivity contribution in [2.75, 3.05) is 18.4 Å². The van der Waals surface area contributed by atoms with Crippen LogP contribution in [-0.2, 0) is 0 Å². The highest BCUT2D eigenvalue weighted by Crippen LogP contribution is 2.40. The quantitative estimate of drug-likeness (QED) is 0.842. The maximum absolute atomic E-state index is 12.7. The zero-order valence-electron chi connectivity index (χ0n) is 16.9. The minimum atomic E-state index is -0.243. The molecule has 4 rings (SSSR count). The van der Waals surface area contributed by atoms with E-state index in [-0.39, 0.29) is 17.6 Å². The van der Waals surface area contributed by atoms with Crippen molar-refractivity contribution >= 4 is 11.7 Å². The average Bonchev–Trinajstić information content (AvgIpc) is 2.68. The molecule has 0 saturated carbocycles. The zero-order valence-corrected chi connectivity index (χ0v) is 16.9. The van der Waals surface area contributed by atoms with Gasteiger partial charge in [-0.3, -0.25) is 4.79 Å². The van der Waals surface area contributed by atoms with E-state index in [2.05, 4.69) is 37.1 Å². The number of fused-ring (bicyclic) bond motifs is 1. The van der Waals surface area contributed by atoms with Crippen molar-refractivity contribution in [2.24, 2.45) is 5.92 Å². The number of rotatable bonds is 3. The number of amides is 1. The molecule has 0 spiro atoms. The van der Waals surface area contributed by atoms with Gasteiger partial charge in [-0.2, -0.15) is 0 Å². The molecule has 2 aliphatic heterocycles. The number of nitrogens with one attached hydrogen (secondary N) is 1. The van der Waals surface area contributed by atoms with Gasteiger partial charge in [0, 0.05) is 31.3 Å². The number of anilines is 1. The first kappa shape index (κ1) is 18.8. The molecule has 148 valence electrons. The van der Waals surface area contributed by atoms with E-state index in [9.17, 15) is 4.79 Å². The molecule has 1 amide bonds. The van der Waals surface area contributed by atoms with Gasteiger partial charge < -0.3 is 15.0 Å². The topological polar surface area (TPSA) is 54.5 Å². The molecule has 0 bridgehead atoms. The second-order valence-electron chi connectivity index (χ2n) is 8.71. The molecule has 1 aromatic heterocycles. The molecular weight excluding hydrogens is 350 g/mol. The summed E-state index contributed by atoms with van der Waals surface area (Å²) >= 11 is 0. The van der Waals surface area contributed by atoms with Crippen molar-refractivity contribution in [3.05, 3.63) is 53.7 Å². The number of carbonyl (C=O) groups is 1. The van der Waals surface area contributed by atoms with Gasteiger partial charge in [-0.05, 0) is 50.8 Å². The monoisotopic (exact) mass is 379 g/mol. The summed E-state index contributed by atoms with van der Waals surface area (Å²) < 4.78 is 6.10. The molecule has 5 heteroatoms. The molecule has 2 aromatic rings. The smallest absolute Gasteiger partial charge is 0.255 e. The van der Waals surface area contributed by atoms with Crippen LogP contribution in [0, 0.1) is 5.92 Å². The highest BCUT2D eigenvalue weighted by Gasteiger charge is 2.33. The first-order chi connectivity index (χ1) is 13.4. The van der Waals surface area contributed by atoms with Gasteiger partial charge in [-0.15, -0.1) is 0 Å². The molecule has 0 aliphatic carbocycles. The summed E-state index contributed by atoms with van der Waals surface area (Å²) in [6, 6.07) is 12.0. The molecule has 1 fully saturated rings. The molecular formula is C23H29N3O2. The van der Waals surface area contributed by atoms with Gasteiger partial charge in [0.2, 0.25) is 0 Å². The zero-order chi connectivity index (χ0) is 19.7. The van der Waals surface area contributed by atoms with E-state index in [0.29, 0.717) is 11.5 Å². The molecule has 2 aliphatic rings. The minimum absolute atomic E-state index is 0.0866. The Bertz CT molecular complexity index is 839. The summed E-state index contributed by atoms with van der Waals surface area (Å²) in [4.78, 5) is 19.2. The Morgan fingerprint density at radius 3 is 2.64 bits per heavy atom. The largest absolute Gasteiger partial charge is 0.487 e. The molecule has 5 nitrogen and oxygen atoms in total. The van der Waals surface area contributed by atoms with Crippen LogP contribution in [0.4, 0.5) is 5.82 Å². The van der Waals surface area contributed by atoms with E-state index in [1.165, 1.54) is 0 Å². The Kier molecular flexibility index (Phi) is 5.00. The summed E-state index contributed by atoms with van der Waals surface area (Å²) in [5.74, 6) is 2.49. The highest BCUT2D eigenvalue weighted by atomic mass is 16.5. The molecule has 0 radical (unpaired) electrons. The Labute approximate surface area is 167 Å². The van der Waals surface area contributed by atoms with Gasteiger partial charge in [0.25, 0.3) is 5.91 Å². The maximum atomic E-state index is 12.7. The van der Waals surface area contributed by atoms with Crippen molar-refractivity contribution in [3.63, 3.8) is 0 Å². The number of hydrogen-bond acceptors (Lipinski definition) is 4. The fourth-order valence-corrected chi connectivity index (χ4v) is 4.11. The molecule has 1 unspecified atom stereocenters. The molecule has 1 saturated heterocycles. The first-order valence-corrected chi connectivity index (χ1v) is 10.2. The van der Waals surface area contributed by atoms with Gasteiger partial charge in [0.15, 0.2) is 0 Å². The lowest BCUT2D eigenvalue weighted by atomic mass is 9.89. The van der Waals surface area contributed by atoms with Crippen LogP contribution in [0.1, 0.15) is 62.0 Å². The third kappa shape index (κ3) is 3.98. The van der Waals surface area contributed by atoms with Crippen LogP contribution in [0.15, 0.2) is 42.6 Å². The van der Waals surface area contributed by atoms with Crippen LogP contribution < -0.4 is 10.1 Å². The number of ether oxygens (including phenoxy) is 1. The SMILES string of the molecule is CC1CCN(C(=O)c2ccc(NC3CC(C)(C)Oc4ccccc43)nc2)CC1. The fourth-order valence-electron chi connectivity index (χ4n) is 4.11. The number of pyridine rings is 1. The highest BCUT2D eigenvalue weighted by molar-refractivity contribution is 5.94. The summed E-state index contributed by atoms with van der Waals surface area (Å²) in [6.07, 6.45) is 4.70. The van der Waals surface area contributed by atoms with E-state index < -0.39 is 0 Å². The molecule has 1 atom stereocenters. The lowest BCUT2D eigenvalue weighted by Gasteiger charge is -2.38. The van der Waals surface area contributed by atoms with Crippen LogP contribution in [-0.4, -0.2) is 34.5 Å². The lowest BCUT2D eigenvalue weighted by molar-refractivity contribution is 0.0696. The van der Waals surface area contributed by atoms with Gasteiger partial charge in [-0.1, -0.05) is 25.1 Å².